The second kappa shape index (κ2) is 2.37. The summed E-state index contributed by atoms with van der Waals surface area (Å²) in [4.78, 5) is 0. The molecule has 0 atom stereocenters. The Balaban J connectivity index is 2.92. The van der Waals surface area contributed by atoms with E-state index in [4.69, 9.17) is 23.2 Å². The Hall–Kier alpha value is -0.210. The van der Waals surface area contributed by atoms with Crippen molar-refractivity contribution < 1.29 is 0 Å². The van der Waals surface area contributed by atoms with Crippen molar-refractivity contribution in [3.63, 3.8) is 0 Å². The van der Waals surface area contributed by atoms with Crippen molar-refractivity contribution in [3.05, 3.63) is 17.4 Å². The molecule has 0 unspecified atom stereocenters. The summed E-state index contributed by atoms with van der Waals surface area (Å²) in [7, 11) is 0. The number of rotatable bonds is 1. The minimum Gasteiger partial charge on any atom is -0.239 e. The normalized spacial score (nSPS) is 9.75. The molecule has 0 saturated carbocycles. The third kappa shape index (κ3) is 0.956. The van der Waals surface area contributed by atoms with Gasteiger partial charge in [-0.15, -0.1) is 11.6 Å². The van der Waals surface area contributed by atoms with E-state index >= 15 is 0 Å². The van der Waals surface area contributed by atoms with E-state index < -0.39 is 0 Å². The predicted molar refractivity (Wildman–Crippen MR) is 33.1 cm³/mol. The first-order chi connectivity index (χ1) is 3.84. The van der Waals surface area contributed by atoms with Crippen LogP contribution in [0.25, 0.3) is 0 Å². The molecule has 44 valence electrons. The SMILES string of the molecule is ClCn1nccc1Cl. The molecular weight excluding hydrogens is 147 g/mol. The zero-order valence-corrected chi connectivity index (χ0v) is 5.52. The summed E-state index contributed by atoms with van der Waals surface area (Å²) in [6.45, 7) is 0. The van der Waals surface area contributed by atoms with Gasteiger partial charge in [0, 0.05) is 0 Å². The molecule has 0 N–H and O–H groups in total. The second-order valence-corrected chi connectivity index (χ2v) is 1.90. The molecule has 0 fully saturated rings. The minimum absolute atomic E-state index is 0.311. The highest BCUT2D eigenvalue weighted by Crippen LogP contribution is 2.05. The molecule has 1 aromatic heterocycles. The van der Waals surface area contributed by atoms with Gasteiger partial charge in [0.25, 0.3) is 0 Å². The van der Waals surface area contributed by atoms with Crippen LogP contribution in [0.2, 0.25) is 5.15 Å². The maximum Gasteiger partial charge on any atom is 0.128 e. The number of aromatic nitrogens is 2. The highest BCUT2D eigenvalue weighted by Gasteiger charge is 1.92. The van der Waals surface area contributed by atoms with E-state index in [2.05, 4.69) is 5.10 Å². The van der Waals surface area contributed by atoms with Gasteiger partial charge in [0.15, 0.2) is 0 Å². The van der Waals surface area contributed by atoms with Crippen molar-refractivity contribution in [1.82, 2.24) is 9.78 Å². The summed E-state index contributed by atoms with van der Waals surface area (Å²) in [5.74, 6) is 0. The fourth-order valence-electron chi connectivity index (χ4n) is 0.404. The number of halogens is 2. The van der Waals surface area contributed by atoms with Crippen LogP contribution in [-0.4, -0.2) is 9.78 Å². The van der Waals surface area contributed by atoms with Crippen LogP contribution in [0.15, 0.2) is 12.3 Å². The van der Waals surface area contributed by atoms with Gasteiger partial charge in [-0.1, -0.05) is 11.6 Å². The Morgan fingerprint density at radius 1 is 1.75 bits per heavy atom. The molecule has 0 spiro atoms. The predicted octanol–water partition coefficient (Wildman–Crippen LogP) is 1.73. The maximum absolute atomic E-state index is 5.56. The third-order valence-electron chi connectivity index (χ3n) is 0.778. The molecule has 4 heteroatoms. The Morgan fingerprint density at radius 2 is 2.50 bits per heavy atom. The first-order valence-electron chi connectivity index (χ1n) is 2.08. The van der Waals surface area contributed by atoms with Gasteiger partial charge in [0.05, 0.1) is 6.20 Å². The molecule has 0 aliphatic carbocycles. The van der Waals surface area contributed by atoms with E-state index in [0.29, 0.717) is 11.2 Å². The Morgan fingerprint density at radius 3 is 2.75 bits per heavy atom. The molecule has 0 aromatic carbocycles. The van der Waals surface area contributed by atoms with Crippen molar-refractivity contribution in [3.8, 4) is 0 Å². The molecular formula is C4H4Cl2N2. The van der Waals surface area contributed by atoms with E-state index in [0.717, 1.165) is 0 Å². The van der Waals surface area contributed by atoms with E-state index in [-0.39, 0.29) is 0 Å². The molecule has 0 amide bonds. The van der Waals surface area contributed by atoms with Gasteiger partial charge in [0.1, 0.15) is 11.2 Å². The number of hydrogen-bond acceptors (Lipinski definition) is 1. The average Bonchev–Trinajstić information content (AvgIpc) is 2.14. The van der Waals surface area contributed by atoms with Crippen LogP contribution in [-0.2, 0) is 6.00 Å². The highest BCUT2D eigenvalue weighted by atomic mass is 35.5. The Kier molecular flexibility index (Phi) is 1.76. The summed E-state index contributed by atoms with van der Waals surface area (Å²) < 4.78 is 1.49. The van der Waals surface area contributed by atoms with E-state index in [1.807, 2.05) is 0 Å². The van der Waals surface area contributed by atoms with Crippen molar-refractivity contribution in [2.24, 2.45) is 0 Å². The molecule has 0 aliphatic rings. The van der Waals surface area contributed by atoms with Crippen LogP contribution in [0.1, 0.15) is 0 Å². The smallest absolute Gasteiger partial charge is 0.128 e. The quantitative estimate of drug-likeness (QED) is 0.559. The first kappa shape index (κ1) is 5.92. The van der Waals surface area contributed by atoms with Gasteiger partial charge in [-0.25, -0.2) is 4.68 Å². The lowest BCUT2D eigenvalue weighted by molar-refractivity contribution is 0.745. The average molecular weight is 151 g/mol. The lowest BCUT2D eigenvalue weighted by atomic mass is 10.7. The molecule has 0 aliphatic heterocycles. The van der Waals surface area contributed by atoms with Crippen molar-refractivity contribution in [2.75, 3.05) is 0 Å². The molecule has 0 bridgehead atoms. The second-order valence-electron chi connectivity index (χ2n) is 1.27. The first-order valence-corrected chi connectivity index (χ1v) is 2.99. The van der Waals surface area contributed by atoms with Gasteiger partial charge in [-0.3, -0.25) is 0 Å². The van der Waals surface area contributed by atoms with Crippen molar-refractivity contribution >= 4 is 23.2 Å². The molecule has 2 nitrogen and oxygen atoms in total. The summed E-state index contributed by atoms with van der Waals surface area (Å²) >= 11 is 10.9. The number of alkyl halides is 1. The summed E-state index contributed by atoms with van der Waals surface area (Å²) in [5.41, 5.74) is 0. The molecule has 8 heavy (non-hydrogen) atoms. The van der Waals surface area contributed by atoms with Crippen molar-refractivity contribution in [2.45, 2.75) is 6.00 Å². The van der Waals surface area contributed by atoms with Gasteiger partial charge in [-0.2, -0.15) is 5.10 Å². The van der Waals surface area contributed by atoms with E-state index in [1.165, 1.54) is 4.68 Å². The standard InChI is InChI=1S/C4H4Cl2N2/c5-3-8-4(6)1-2-7-8/h1-2H,3H2. The summed E-state index contributed by atoms with van der Waals surface area (Å²) in [6, 6.07) is 2.00. The van der Waals surface area contributed by atoms with Crippen LogP contribution >= 0.6 is 23.2 Å². The molecule has 1 heterocycles. The van der Waals surface area contributed by atoms with Gasteiger partial charge >= 0.3 is 0 Å². The molecule has 0 radical (unpaired) electrons. The molecule has 0 saturated heterocycles. The van der Waals surface area contributed by atoms with Gasteiger partial charge in [0.2, 0.25) is 0 Å². The lowest BCUT2D eigenvalue weighted by Crippen LogP contribution is -1.92. The van der Waals surface area contributed by atoms with E-state index in [1.54, 1.807) is 12.3 Å². The molecule has 1 aromatic rings. The van der Waals surface area contributed by atoms with Crippen LogP contribution in [0, 0.1) is 0 Å². The van der Waals surface area contributed by atoms with E-state index in [9.17, 15) is 0 Å². The summed E-state index contributed by atoms with van der Waals surface area (Å²) in [5, 5.41) is 4.36. The lowest BCUT2D eigenvalue weighted by Gasteiger charge is -1.91. The third-order valence-corrected chi connectivity index (χ3v) is 1.33. The largest absolute Gasteiger partial charge is 0.239 e. The number of nitrogens with zero attached hydrogens (tertiary/aromatic N) is 2. The fraction of sp³-hybridized carbons (Fsp3) is 0.250. The van der Waals surface area contributed by atoms with Crippen molar-refractivity contribution in [1.29, 1.82) is 0 Å². The zero-order valence-electron chi connectivity index (χ0n) is 4.01. The van der Waals surface area contributed by atoms with Crippen LogP contribution in [0.5, 0.6) is 0 Å². The van der Waals surface area contributed by atoms with Gasteiger partial charge in [-0.05, 0) is 6.07 Å². The number of hydrogen-bond donors (Lipinski definition) is 0. The van der Waals surface area contributed by atoms with Crippen LogP contribution < -0.4 is 0 Å². The van der Waals surface area contributed by atoms with Crippen LogP contribution in [0.3, 0.4) is 0 Å². The van der Waals surface area contributed by atoms with Crippen LogP contribution in [0.4, 0.5) is 0 Å². The topological polar surface area (TPSA) is 17.8 Å². The monoisotopic (exact) mass is 150 g/mol. The fourth-order valence-corrected chi connectivity index (χ4v) is 0.816. The highest BCUT2D eigenvalue weighted by molar-refractivity contribution is 6.29. The Labute approximate surface area is 57.0 Å². The summed E-state index contributed by atoms with van der Waals surface area (Å²) in [6.07, 6.45) is 1.60. The minimum atomic E-state index is 0.311. The zero-order chi connectivity index (χ0) is 5.98. The molecule has 1 rings (SSSR count). The Bertz CT molecular complexity index is 172. The maximum atomic E-state index is 5.56. The van der Waals surface area contributed by atoms with Gasteiger partial charge < -0.3 is 0 Å².